The highest BCUT2D eigenvalue weighted by molar-refractivity contribution is 6.81. The van der Waals surface area contributed by atoms with Gasteiger partial charge in [0.1, 0.15) is 0 Å². The van der Waals surface area contributed by atoms with E-state index in [-0.39, 0.29) is 0 Å². The van der Waals surface area contributed by atoms with Gasteiger partial charge in [-0.25, -0.2) is 0 Å². The smallest absolute Gasteiger partial charge is 0.285 e. The van der Waals surface area contributed by atoms with Crippen LogP contribution in [0.25, 0.3) is 0 Å². The molecule has 0 saturated carbocycles. The highest BCUT2D eigenvalue weighted by Gasteiger charge is 2.22. The molecule has 0 aromatic carbocycles. The Hall–Kier alpha value is 0.0748. The third kappa shape index (κ3) is 3.32. The predicted octanol–water partition coefficient (Wildman–Crippen LogP) is -0.291. The third-order valence-electron chi connectivity index (χ3n) is 1.92. The van der Waals surface area contributed by atoms with E-state index in [2.05, 4.69) is 29.2 Å². The van der Waals surface area contributed by atoms with Crippen LogP contribution in [-0.2, 0) is 0 Å². The molecular formula is C5H15B3N3. The lowest BCUT2D eigenvalue weighted by atomic mass is 9.55. The molecule has 1 rings (SSSR count). The Morgan fingerprint density at radius 2 is 2.18 bits per heavy atom. The van der Waals surface area contributed by atoms with Crippen LogP contribution in [0.5, 0.6) is 0 Å². The van der Waals surface area contributed by atoms with Gasteiger partial charge in [0.05, 0.1) is 0 Å². The molecule has 0 aromatic rings. The quantitative estimate of drug-likeness (QED) is 0.483. The van der Waals surface area contributed by atoms with Gasteiger partial charge in [-0.1, -0.05) is 26.6 Å². The molecule has 0 amide bonds. The predicted molar refractivity (Wildman–Crippen MR) is 52.2 cm³/mol. The number of rotatable bonds is 3. The number of hydrogen-bond acceptors (Lipinski definition) is 3. The lowest BCUT2D eigenvalue weighted by Gasteiger charge is -2.25. The van der Waals surface area contributed by atoms with Crippen molar-refractivity contribution in [1.82, 2.24) is 15.4 Å². The van der Waals surface area contributed by atoms with Crippen molar-refractivity contribution in [3.05, 3.63) is 0 Å². The molecule has 0 spiro atoms. The fourth-order valence-corrected chi connectivity index (χ4v) is 1.25. The molecule has 1 heterocycles. The average molecular weight is 150 g/mol. The van der Waals surface area contributed by atoms with Crippen molar-refractivity contribution in [1.29, 1.82) is 0 Å². The molecular weight excluding hydrogens is 135 g/mol. The summed E-state index contributed by atoms with van der Waals surface area (Å²) in [4.78, 5) is 0. The van der Waals surface area contributed by atoms with Crippen LogP contribution in [0, 0.1) is 0 Å². The van der Waals surface area contributed by atoms with Crippen molar-refractivity contribution >= 4 is 21.5 Å². The Kier molecular flexibility index (Phi) is 4.04. The van der Waals surface area contributed by atoms with E-state index in [1.807, 2.05) is 7.55 Å². The van der Waals surface area contributed by atoms with Gasteiger partial charge in [-0.2, -0.15) is 0 Å². The van der Waals surface area contributed by atoms with Gasteiger partial charge in [0, 0.05) is 0 Å². The second kappa shape index (κ2) is 4.85. The fraction of sp³-hybridized carbons (Fsp3) is 1.00. The van der Waals surface area contributed by atoms with Crippen molar-refractivity contribution in [3.8, 4) is 0 Å². The van der Waals surface area contributed by atoms with E-state index in [1.54, 1.807) is 0 Å². The van der Waals surface area contributed by atoms with E-state index < -0.39 is 0 Å². The van der Waals surface area contributed by atoms with Gasteiger partial charge >= 0.3 is 0 Å². The van der Waals surface area contributed by atoms with Crippen LogP contribution < -0.4 is 15.4 Å². The maximum atomic E-state index is 3.40. The fourth-order valence-electron chi connectivity index (χ4n) is 1.25. The summed E-state index contributed by atoms with van der Waals surface area (Å²) in [7, 11) is 1.93. The monoisotopic (exact) mass is 150 g/mol. The lowest BCUT2D eigenvalue weighted by Crippen LogP contribution is -2.68. The SMILES string of the molecule is CCCCB1N[B]NB(C)N1. The van der Waals surface area contributed by atoms with Crippen molar-refractivity contribution in [2.24, 2.45) is 0 Å². The molecule has 1 aliphatic heterocycles. The first kappa shape index (κ1) is 9.17. The zero-order valence-electron chi connectivity index (χ0n) is 7.35. The van der Waals surface area contributed by atoms with E-state index in [0.717, 1.165) is 0 Å². The molecule has 11 heavy (non-hydrogen) atoms. The van der Waals surface area contributed by atoms with Crippen LogP contribution in [0.2, 0.25) is 13.1 Å². The summed E-state index contributed by atoms with van der Waals surface area (Å²) in [5.41, 5.74) is 0. The van der Waals surface area contributed by atoms with Crippen molar-refractivity contribution in [2.45, 2.75) is 32.9 Å². The molecule has 59 valence electrons. The van der Waals surface area contributed by atoms with E-state index in [9.17, 15) is 0 Å². The molecule has 1 aliphatic rings. The summed E-state index contributed by atoms with van der Waals surface area (Å²) >= 11 is 0. The van der Waals surface area contributed by atoms with Crippen molar-refractivity contribution < 1.29 is 0 Å². The maximum Gasteiger partial charge on any atom is 0.285 e. The largest absolute Gasteiger partial charge is 0.375 e. The van der Waals surface area contributed by atoms with Gasteiger partial charge in [-0.3, -0.25) is 0 Å². The highest BCUT2D eigenvalue weighted by atomic mass is 15.0. The van der Waals surface area contributed by atoms with Gasteiger partial charge in [0.25, 0.3) is 21.5 Å². The van der Waals surface area contributed by atoms with Crippen LogP contribution in [0.1, 0.15) is 19.8 Å². The van der Waals surface area contributed by atoms with Gasteiger partial charge in [-0.15, -0.1) is 0 Å². The molecule has 1 radical (unpaired) electrons. The maximum absolute atomic E-state index is 3.40. The molecule has 1 saturated heterocycles. The Balaban J connectivity index is 2.12. The molecule has 0 atom stereocenters. The molecule has 1 fully saturated rings. The Morgan fingerprint density at radius 1 is 1.36 bits per heavy atom. The normalized spacial score (nSPS) is 18.4. The van der Waals surface area contributed by atoms with Crippen molar-refractivity contribution in [3.63, 3.8) is 0 Å². The summed E-state index contributed by atoms with van der Waals surface area (Å²) in [6.07, 6.45) is 3.76. The average Bonchev–Trinajstić information content (AvgIpc) is 2.01. The minimum Gasteiger partial charge on any atom is -0.375 e. The molecule has 6 heteroatoms. The molecule has 3 N–H and O–H groups in total. The van der Waals surface area contributed by atoms with Gasteiger partial charge in [0.2, 0.25) is 0 Å². The Morgan fingerprint density at radius 3 is 2.82 bits per heavy atom. The number of hydrogen-bond donors (Lipinski definition) is 3. The topological polar surface area (TPSA) is 36.1 Å². The molecule has 3 nitrogen and oxygen atoms in total. The first-order valence-corrected chi connectivity index (χ1v) is 4.42. The molecule has 0 aromatic heterocycles. The lowest BCUT2D eigenvalue weighted by molar-refractivity contribution is 0.862. The van der Waals surface area contributed by atoms with Crippen LogP contribution in [0.15, 0.2) is 0 Å². The van der Waals surface area contributed by atoms with Gasteiger partial charge in [0.15, 0.2) is 0 Å². The Bertz CT molecular complexity index is 113. The number of unbranched alkanes of at least 4 members (excludes halogenated alkanes) is 1. The summed E-state index contributed by atoms with van der Waals surface area (Å²) in [5.74, 6) is 0. The summed E-state index contributed by atoms with van der Waals surface area (Å²) in [5, 5.41) is 9.78. The van der Waals surface area contributed by atoms with Crippen LogP contribution in [0.3, 0.4) is 0 Å². The molecule has 0 aliphatic carbocycles. The molecule has 0 bridgehead atoms. The Labute approximate surface area is 70.6 Å². The first-order valence-electron chi connectivity index (χ1n) is 4.42. The second-order valence-corrected chi connectivity index (χ2v) is 3.06. The highest BCUT2D eigenvalue weighted by Crippen LogP contribution is 1.97. The van der Waals surface area contributed by atoms with E-state index in [0.29, 0.717) is 14.0 Å². The van der Waals surface area contributed by atoms with Crippen LogP contribution in [0.4, 0.5) is 0 Å². The summed E-state index contributed by atoms with van der Waals surface area (Å²) < 4.78 is 0. The third-order valence-corrected chi connectivity index (χ3v) is 1.92. The number of nitrogens with one attached hydrogen (secondary N) is 3. The summed E-state index contributed by atoms with van der Waals surface area (Å²) in [6.45, 7) is 5.20. The summed E-state index contributed by atoms with van der Waals surface area (Å²) in [6, 6.07) is 0. The van der Waals surface area contributed by atoms with E-state index in [4.69, 9.17) is 0 Å². The van der Waals surface area contributed by atoms with E-state index in [1.165, 1.54) is 19.2 Å². The standard InChI is InChI=1S/C5H15B3N3/c1-3-4-5-8-10-6-9-7(2)11-8/h9-11H,3-5H2,1-2H3. The zero-order valence-corrected chi connectivity index (χ0v) is 7.35. The van der Waals surface area contributed by atoms with Crippen LogP contribution >= 0.6 is 0 Å². The minimum atomic E-state index is 0.401. The van der Waals surface area contributed by atoms with E-state index >= 15 is 0 Å². The van der Waals surface area contributed by atoms with Gasteiger partial charge in [-0.05, 0) is 6.32 Å². The second-order valence-electron chi connectivity index (χ2n) is 3.06. The van der Waals surface area contributed by atoms with Crippen LogP contribution in [-0.4, -0.2) is 21.5 Å². The first-order chi connectivity index (χ1) is 5.33. The van der Waals surface area contributed by atoms with Crippen molar-refractivity contribution in [2.75, 3.05) is 0 Å². The molecule has 0 unspecified atom stereocenters. The zero-order chi connectivity index (χ0) is 8.10. The van der Waals surface area contributed by atoms with Gasteiger partial charge < -0.3 is 15.4 Å². The minimum absolute atomic E-state index is 0.401.